The highest BCUT2D eigenvalue weighted by atomic mass is 35.5. The highest BCUT2D eigenvalue weighted by Gasteiger charge is 2.12. The number of hydrogen-bond donors (Lipinski definition) is 2. The fraction of sp³-hybridized carbons (Fsp3) is 0.118. The maximum atomic E-state index is 14.1. The lowest BCUT2D eigenvalue weighted by atomic mass is 10.2. The van der Waals surface area contributed by atoms with E-state index in [1.807, 2.05) is 31.2 Å². The minimum absolute atomic E-state index is 0.0373. The zero-order valence-corrected chi connectivity index (χ0v) is 13.6. The van der Waals surface area contributed by atoms with Crippen molar-refractivity contribution in [1.29, 1.82) is 0 Å². The summed E-state index contributed by atoms with van der Waals surface area (Å²) in [6.07, 6.45) is 1.36. The van der Waals surface area contributed by atoms with Crippen LogP contribution in [-0.2, 0) is 4.79 Å². The third-order valence-electron chi connectivity index (χ3n) is 3.40. The van der Waals surface area contributed by atoms with Crippen molar-refractivity contribution in [3.05, 3.63) is 54.1 Å². The number of amides is 1. The largest absolute Gasteiger partial charge is 0.340 e. The molecule has 0 atom stereocenters. The molecule has 0 aliphatic carbocycles. The van der Waals surface area contributed by atoms with E-state index in [-0.39, 0.29) is 11.6 Å². The van der Waals surface area contributed by atoms with E-state index in [2.05, 4.69) is 20.6 Å². The summed E-state index contributed by atoms with van der Waals surface area (Å²) in [7, 11) is 0. The Hall–Kier alpha value is -2.73. The van der Waals surface area contributed by atoms with Crippen LogP contribution >= 0.6 is 11.6 Å². The van der Waals surface area contributed by atoms with E-state index in [1.54, 1.807) is 0 Å². The minimum Gasteiger partial charge on any atom is -0.340 e. The first-order chi connectivity index (χ1) is 11.6. The summed E-state index contributed by atoms with van der Waals surface area (Å²) in [5, 5.41) is 6.20. The molecule has 3 rings (SSSR count). The molecule has 0 radical (unpaired) electrons. The smallest absolute Gasteiger partial charge is 0.239 e. The van der Waals surface area contributed by atoms with Crippen LogP contribution in [-0.4, -0.2) is 21.8 Å². The molecule has 1 heterocycles. The molecular weight excluding hydrogens is 331 g/mol. The van der Waals surface area contributed by atoms with Crippen LogP contribution in [0.25, 0.3) is 10.9 Å². The first-order valence-electron chi connectivity index (χ1n) is 7.20. The van der Waals surface area contributed by atoms with E-state index in [0.29, 0.717) is 16.7 Å². The summed E-state index contributed by atoms with van der Waals surface area (Å²) in [5.74, 6) is -0.801. The molecule has 0 aliphatic rings. The summed E-state index contributed by atoms with van der Waals surface area (Å²) in [4.78, 5) is 19.7. The number of rotatable bonds is 4. The number of halogens is 2. The standard InChI is InChI=1S/C17H14ClFN4O/c1-10-3-2-4-11(5-10)22-17-12-6-15(23-16(24)8-18)13(19)7-14(12)20-9-21-17/h2-7,9H,8H2,1H3,(H,23,24)(H,20,21,22). The van der Waals surface area contributed by atoms with Gasteiger partial charge in [-0.25, -0.2) is 14.4 Å². The fourth-order valence-electron chi connectivity index (χ4n) is 2.32. The average molecular weight is 345 g/mol. The summed E-state index contributed by atoms with van der Waals surface area (Å²) in [6, 6.07) is 10.5. The van der Waals surface area contributed by atoms with Crippen LogP contribution < -0.4 is 10.6 Å². The van der Waals surface area contributed by atoms with Crippen molar-refractivity contribution in [3.63, 3.8) is 0 Å². The van der Waals surface area contributed by atoms with Crippen molar-refractivity contribution in [2.45, 2.75) is 6.92 Å². The quantitative estimate of drug-likeness (QED) is 0.702. The summed E-state index contributed by atoms with van der Waals surface area (Å²) < 4.78 is 14.1. The predicted molar refractivity (Wildman–Crippen MR) is 93.3 cm³/mol. The molecular formula is C17H14ClFN4O. The van der Waals surface area contributed by atoms with Gasteiger partial charge in [0.15, 0.2) is 0 Å². The molecule has 3 aromatic rings. The van der Waals surface area contributed by atoms with Crippen molar-refractivity contribution in [1.82, 2.24) is 9.97 Å². The Labute approximate surface area is 142 Å². The Morgan fingerprint density at radius 3 is 2.83 bits per heavy atom. The number of alkyl halides is 1. The summed E-state index contributed by atoms with van der Waals surface area (Å²) in [5.41, 5.74) is 2.42. The number of nitrogens with one attached hydrogen (secondary N) is 2. The van der Waals surface area contributed by atoms with Gasteiger partial charge in [-0.1, -0.05) is 12.1 Å². The molecule has 1 aromatic heterocycles. The molecule has 0 spiro atoms. The van der Waals surface area contributed by atoms with Crippen LogP contribution in [0.4, 0.5) is 21.6 Å². The molecule has 0 saturated heterocycles. The van der Waals surface area contributed by atoms with Crippen molar-refractivity contribution in [2.24, 2.45) is 0 Å². The van der Waals surface area contributed by atoms with Gasteiger partial charge in [0.2, 0.25) is 5.91 Å². The number of fused-ring (bicyclic) bond motifs is 1. The normalized spacial score (nSPS) is 10.6. The Balaban J connectivity index is 2.04. The van der Waals surface area contributed by atoms with Gasteiger partial charge < -0.3 is 10.6 Å². The number of hydrogen-bond acceptors (Lipinski definition) is 4. The van der Waals surface area contributed by atoms with Gasteiger partial charge in [-0.15, -0.1) is 11.6 Å². The van der Waals surface area contributed by atoms with Crippen molar-refractivity contribution in [2.75, 3.05) is 16.5 Å². The number of carbonyl (C=O) groups excluding carboxylic acids is 1. The Bertz CT molecular complexity index is 916. The highest BCUT2D eigenvalue weighted by molar-refractivity contribution is 6.29. The molecule has 24 heavy (non-hydrogen) atoms. The van der Waals surface area contributed by atoms with Crippen LogP contribution in [0, 0.1) is 12.7 Å². The number of anilines is 3. The van der Waals surface area contributed by atoms with E-state index in [9.17, 15) is 9.18 Å². The van der Waals surface area contributed by atoms with Crippen LogP contribution in [0.2, 0.25) is 0 Å². The Morgan fingerprint density at radius 2 is 2.08 bits per heavy atom. The van der Waals surface area contributed by atoms with Gasteiger partial charge in [0.05, 0.1) is 11.2 Å². The van der Waals surface area contributed by atoms with Gasteiger partial charge in [0.25, 0.3) is 0 Å². The first kappa shape index (κ1) is 16.1. The molecule has 122 valence electrons. The molecule has 0 bridgehead atoms. The van der Waals surface area contributed by atoms with E-state index < -0.39 is 11.7 Å². The molecule has 7 heteroatoms. The maximum absolute atomic E-state index is 14.1. The van der Waals surface area contributed by atoms with Gasteiger partial charge in [-0.05, 0) is 30.7 Å². The average Bonchev–Trinajstić information content (AvgIpc) is 2.56. The van der Waals surface area contributed by atoms with Gasteiger partial charge in [0, 0.05) is 17.1 Å². The van der Waals surface area contributed by atoms with Crippen LogP contribution in [0.5, 0.6) is 0 Å². The van der Waals surface area contributed by atoms with E-state index >= 15 is 0 Å². The third kappa shape index (κ3) is 3.44. The number of nitrogens with zero attached hydrogens (tertiary/aromatic N) is 2. The topological polar surface area (TPSA) is 66.9 Å². The summed E-state index contributed by atoms with van der Waals surface area (Å²) >= 11 is 5.45. The minimum atomic E-state index is -0.582. The second kappa shape index (κ2) is 6.80. The van der Waals surface area contributed by atoms with E-state index in [4.69, 9.17) is 11.6 Å². The fourth-order valence-corrected chi connectivity index (χ4v) is 2.38. The molecule has 0 aliphatic heterocycles. The maximum Gasteiger partial charge on any atom is 0.239 e. The third-order valence-corrected chi connectivity index (χ3v) is 3.64. The number of benzene rings is 2. The molecule has 0 fully saturated rings. The zero-order chi connectivity index (χ0) is 17.1. The molecule has 2 N–H and O–H groups in total. The monoisotopic (exact) mass is 344 g/mol. The predicted octanol–water partition coefficient (Wildman–Crippen LogP) is 4.00. The lowest BCUT2D eigenvalue weighted by molar-refractivity contribution is -0.113. The van der Waals surface area contributed by atoms with Crippen molar-refractivity contribution < 1.29 is 9.18 Å². The van der Waals surface area contributed by atoms with Gasteiger partial charge >= 0.3 is 0 Å². The van der Waals surface area contributed by atoms with Crippen molar-refractivity contribution >= 4 is 45.6 Å². The lowest BCUT2D eigenvalue weighted by Crippen LogP contribution is -2.13. The van der Waals surface area contributed by atoms with Gasteiger partial charge in [-0.3, -0.25) is 4.79 Å². The number of aromatic nitrogens is 2. The van der Waals surface area contributed by atoms with Crippen LogP contribution in [0.15, 0.2) is 42.7 Å². The molecule has 0 saturated carbocycles. The van der Waals surface area contributed by atoms with E-state index in [1.165, 1.54) is 18.5 Å². The summed E-state index contributed by atoms with van der Waals surface area (Å²) in [6.45, 7) is 1.98. The van der Waals surface area contributed by atoms with Crippen molar-refractivity contribution in [3.8, 4) is 0 Å². The molecule has 5 nitrogen and oxygen atoms in total. The first-order valence-corrected chi connectivity index (χ1v) is 7.74. The molecule has 0 unspecified atom stereocenters. The molecule has 1 amide bonds. The van der Waals surface area contributed by atoms with Crippen LogP contribution in [0.3, 0.4) is 0 Å². The molecule has 2 aromatic carbocycles. The van der Waals surface area contributed by atoms with E-state index in [0.717, 1.165) is 11.3 Å². The number of aryl methyl sites for hydroxylation is 1. The second-order valence-corrected chi connectivity index (χ2v) is 5.52. The van der Waals surface area contributed by atoms with Gasteiger partial charge in [-0.2, -0.15) is 0 Å². The Kier molecular flexibility index (Phi) is 4.57. The van der Waals surface area contributed by atoms with Gasteiger partial charge in [0.1, 0.15) is 23.8 Å². The zero-order valence-electron chi connectivity index (χ0n) is 12.8. The lowest BCUT2D eigenvalue weighted by Gasteiger charge is -2.11. The SMILES string of the molecule is Cc1cccc(Nc2ncnc3cc(F)c(NC(=O)CCl)cc23)c1. The highest BCUT2D eigenvalue weighted by Crippen LogP contribution is 2.28. The van der Waals surface area contributed by atoms with Crippen LogP contribution in [0.1, 0.15) is 5.56 Å². The Morgan fingerprint density at radius 1 is 1.25 bits per heavy atom. The number of carbonyl (C=O) groups is 1. The second-order valence-electron chi connectivity index (χ2n) is 5.25.